The van der Waals surface area contributed by atoms with Gasteiger partial charge in [-0.15, -0.1) is 0 Å². The van der Waals surface area contributed by atoms with E-state index in [1.165, 1.54) is 0 Å². The molecule has 3 rings (SSSR count). The molecule has 0 radical (unpaired) electrons. The van der Waals surface area contributed by atoms with Gasteiger partial charge in [0.1, 0.15) is 5.82 Å². The first-order valence-electron chi connectivity index (χ1n) is 6.01. The minimum absolute atomic E-state index is 0.0266. The van der Waals surface area contributed by atoms with Crippen molar-refractivity contribution >= 4 is 23.3 Å². The van der Waals surface area contributed by atoms with Gasteiger partial charge in [0.2, 0.25) is 0 Å². The van der Waals surface area contributed by atoms with Crippen molar-refractivity contribution in [2.75, 3.05) is 12.3 Å². The summed E-state index contributed by atoms with van der Waals surface area (Å²) in [5, 5.41) is 7.42. The third-order valence-corrected chi connectivity index (χ3v) is 3.56. The van der Waals surface area contributed by atoms with E-state index in [9.17, 15) is 4.79 Å². The number of rotatable bonds is 1. The molecule has 0 aliphatic carbocycles. The molecule has 0 fully saturated rings. The molecule has 0 bridgehead atoms. The van der Waals surface area contributed by atoms with E-state index in [0.29, 0.717) is 29.5 Å². The van der Waals surface area contributed by atoms with E-state index in [1.54, 1.807) is 29.2 Å². The van der Waals surface area contributed by atoms with Gasteiger partial charge in [-0.2, -0.15) is 5.10 Å². The molecule has 1 aromatic carbocycles. The summed E-state index contributed by atoms with van der Waals surface area (Å²) in [6, 6.07) is 6.98. The lowest BCUT2D eigenvalue weighted by molar-refractivity contribution is 0.0732. The van der Waals surface area contributed by atoms with Crippen molar-refractivity contribution in [2.45, 2.75) is 13.0 Å². The topological polar surface area (TPSA) is 75.0 Å². The van der Waals surface area contributed by atoms with Crippen LogP contribution in [0.3, 0.4) is 0 Å². The molecular formula is C13H13ClN4O. The van der Waals surface area contributed by atoms with Gasteiger partial charge in [0.15, 0.2) is 0 Å². The Bertz CT molecular complexity index is 637. The van der Waals surface area contributed by atoms with E-state index >= 15 is 0 Å². The highest BCUT2D eigenvalue weighted by Crippen LogP contribution is 2.23. The van der Waals surface area contributed by atoms with Crippen molar-refractivity contribution < 1.29 is 4.79 Å². The summed E-state index contributed by atoms with van der Waals surface area (Å²) in [4.78, 5) is 14.1. The quantitative estimate of drug-likeness (QED) is 0.835. The smallest absolute Gasteiger partial charge is 0.254 e. The number of nitrogens with two attached hydrogens (primary N) is 1. The SMILES string of the molecule is Nc1n[nH]c2c1CCN(C(=O)c1cccc(Cl)c1)C2. The first-order chi connectivity index (χ1) is 9.15. The van der Waals surface area contributed by atoms with E-state index in [0.717, 1.165) is 17.7 Å². The number of halogens is 1. The fraction of sp³-hybridized carbons (Fsp3) is 0.231. The number of amides is 1. The number of hydrogen-bond donors (Lipinski definition) is 2. The number of nitrogens with one attached hydrogen (secondary N) is 1. The Morgan fingerprint density at radius 2 is 2.32 bits per heavy atom. The number of carbonyl (C=O) groups is 1. The number of H-pyrrole nitrogens is 1. The Kier molecular flexibility index (Phi) is 2.91. The van der Waals surface area contributed by atoms with Gasteiger partial charge in [0, 0.05) is 22.7 Å². The molecule has 2 aromatic rings. The third kappa shape index (κ3) is 2.17. The maximum Gasteiger partial charge on any atom is 0.254 e. The summed E-state index contributed by atoms with van der Waals surface area (Å²) in [6.45, 7) is 1.15. The lowest BCUT2D eigenvalue weighted by Gasteiger charge is -2.26. The number of fused-ring (bicyclic) bond motifs is 1. The lowest BCUT2D eigenvalue weighted by Crippen LogP contribution is -2.36. The fourth-order valence-electron chi connectivity index (χ4n) is 2.32. The van der Waals surface area contributed by atoms with E-state index in [-0.39, 0.29) is 5.91 Å². The van der Waals surface area contributed by atoms with Crippen LogP contribution in [0, 0.1) is 0 Å². The molecule has 2 heterocycles. The zero-order valence-electron chi connectivity index (χ0n) is 10.2. The molecule has 6 heteroatoms. The summed E-state index contributed by atoms with van der Waals surface area (Å²) in [6.07, 6.45) is 0.726. The van der Waals surface area contributed by atoms with Crippen molar-refractivity contribution in [1.29, 1.82) is 0 Å². The molecule has 1 aromatic heterocycles. The van der Waals surface area contributed by atoms with Crippen LogP contribution in [0.25, 0.3) is 0 Å². The molecule has 98 valence electrons. The molecule has 19 heavy (non-hydrogen) atoms. The van der Waals surface area contributed by atoms with Crippen LogP contribution in [-0.2, 0) is 13.0 Å². The molecule has 0 spiro atoms. The third-order valence-electron chi connectivity index (χ3n) is 3.32. The van der Waals surface area contributed by atoms with Gasteiger partial charge in [0.25, 0.3) is 5.91 Å². The Hall–Kier alpha value is -2.01. The average Bonchev–Trinajstić information content (AvgIpc) is 2.79. The summed E-state index contributed by atoms with van der Waals surface area (Å²) in [7, 11) is 0. The lowest BCUT2D eigenvalue weighted by atomic mass is 10.1. The average molecular weight is 277 g/mol. The van der Waals surface area contributed by atoms with Gasteiger partial charge >= 0.3 is 0 Å². The normalized spacial score (nSPS) is 14.3. The van der Waals surface area contributed by atoms with Crippen molar-refractivity contribution in [3.05, 3.63) is 46.1 Å². The van der Waals surface area contributed by atoms with Crippen LogP contribution in [0.15, 0.2) is 24.3 Å². The number of carbonyl (C=O) groups excluding carboxylic acids is 1. The van der Waals surface area contributed by atoms with Crippen LogP contribution >= 0.6 is 11.6 Å². The van der Waals surface area contributed by atoms with Crippen molar-refractivity contribution in [1.82, 2.24) is 15.1 Å². The largest absolute Gasteiger partial charge is 0.382 e. The summed E-state index contributed by atoms with van der Waals surface area (Å²) in [5.74, 6) is 0.506. The Labute approximate surface area is 115 Å². The Morgan fingerprint density at radius 1 is 1.47 bits per heavy atom. The van der Waals surface area contributed by atoms with Gasteiger partial charge in [-0.05, 0) is 24.6 Å². The monoisotopic (exact) mass is 276 g/mol. The summed E-state index contributed by atoms with van der Waals surface area (Å²) >= 11 is 5.91. The highest BCUT2D eigenvalue weighted by atomic mass is 35.5. The Balaban J connectivity index is 1.83. The molecule has 0 unspecified atom stereocenters. The summed E-state index contributed by atoms with van der Waals surface area (Å²) in [5.41, 5.74) is 8.29. The number of aromatic nitrogens is 2. The van der Waals surface area contributed by atoms with E-state index < -0.39 is 0 Å². The highest BCUT2D eigenvalue weighted by molar-refractivity contribution is 6.30. The molecule has 1 aliphatic heterocycles. The minimum atomic E-state index is -0.0266. The van der Waals surface area contributed by atoms with Crippen molar-refractivity contribution in [2.24, 2.45) is 0 Å². The number of benzene rings is 1. The van der Waals surface area contributed by atoms with Gasteiger partial charge in [-0.25, -0.2) is 0 Å². The van der Waals surface area contributed by atoms with Crippen LogP contribution in [-0.4, -0.2) is 27.5 Å². The van der Waals surface area contributed by atoms with Crippen LogP contribution in [0.1, 0.15) is 21.6 Å². The molecular weight excluding hydrogens is 264 g/mol. The van der Waals surface area contributed by atoms with Gasteiger partial charge in [0.05, 0.1) is 12.2 Å². The Morgan fingerprint density at radius 3 is 3.11 bits per heavy atom. The van der Waals surface area contributed by atoms with E-state index in [1.807, 2.05) is 0 Å². The van der Waals surface area contributed by atoms with Gasteiger partial charge in [-0.1, -0.05) is 17.7 Å². The van der Waals surface area contributed by atoms with Crippen molar-refractivity contribution in [3.63, 3.8) is 0 Å². The fourth-order valence-corrected chi connectivity index (χ4v) is 2.51. The van der Waals surface area contributed by atoms with Crippen LogP contribution in [0.5, 0.6) is 0 Å². The maximum absolute atomic E-state index is 12.4. The van der Waals surface area contributed by atoms with Gasteiger partial charge < -0.3 is 10.6 Å². The number of anilines is 1. The number of nitrogens with zero attached hydrogens (tertiary/aromatic N) is 2. The molecule has 0 atom stereocenters. The highest BCUT2D eigenvalue weighted by Gasteiger charge is 2.24. The predicted octanol–water partition coefficient (Wildman–Crippen LogP) is 1.84. The zero-order chi connectivity index (χ0) is 13.4. The molecule has 1 aliphatic rings. The minimum Gasteiger partial charge on any atom is -0.382 e. The van der Waals surface area contributed by atoms with Gasteiger partial charge in [-0.3, -0.25) is 9.89 Å². The second-order valence-electron chi connectivity index (χ2n) is 4.55. The standard InChI is InChI=1S/C13H13ClN4O/c14-9-3-1-2-8(6-9)13(19)18-5-4-10-11(7-18)16-17-12(10)15/h1-3,6H,4-5,7H2,(H3,15,16,17). The maximum atomic E-state index is 12.4. The van der Waals surface area contributed by atoms with Crippen molar-refractivity contribution in [3.8, 4) is 0 Å². The predicted molar refractivity (Wildman–Crippen MR) is 72.9 cm³/mol. The first kappa shape index (κ1) is 12.0. The second kappa shape index (κ2) is 4.59. The number of nitrogen functional groups attached to an aromatic ring is 1. The molecule has 5 nitrogen and oxygen atoms in total. The molecule has 3 N–H and O–H groups in total. The molecule has 0 saturated carbocycles. The van der Waals surface area contributed by atoms with E-state index in [2.05, 4.69) is 10.2 Å². The number of aromatic amines is 1. The second-order valence-corrected chi connectivity index (χ2v) is 4.99. The zero-order valence-corrected chi connectivity index (χ0v) is 10.9. The van der Waals surface area contributed by atoms with Crippen LogP contribution < -0.4 is 5.73 Å². The molecule has 0 saturated heterocycles. The summed E-state index contributed by atoms with van der Waals surface area (Å²) < 4.78 is 0. The van der Waals surface area contributed by atoms with E-state index in [4.69, 9.17) is 17.3 Å². The number of hydrogen-bond acceptors (Lipinski definition) is 3. The van der Waals surface area contributed by atoms with Crippen LogP contribution in [0.4, 0.5) is 5.82 Å². The molecule has 1 amide bonds. The van der Waals surface area contributed by atoms with Crippen LogP contribution in [0.2, 0.25) is 5.02 Å². The first-order valence-corrected chi connectivity index (χ1v) is 6.39.